The van der Waals surface area contributed by atoms with Crippen LogP contribution >= 0.6 is 0 Å². The Labute approximate surface area is 98.0 Å². The Hall–Kier alpha value is -1.02. The van der Waals surface area contributed by atoms with Gasteiger partial charge in [0.15, 0.2) is 0 Å². The normalized spacial score (nSPS) is 29.3. The standard InChI is InChI=1S/C14H21NO/c1-4-13-14(2,9-10-15-13)11-7-5-6-8-12(11)16-3/h5-8,13,15H,4,9-10H2,1-3H3. The molecule has 0 amide bonds. The van der Waals surface area contributed by atoms with Crippen molar-refractivity contribution in [3.8, 4) is 5.75 Å². The zero-order chi connectivity index (χ0) is 11.6. The first-order valence-corrected chi connectivity index (χ1v) is 6.09. The van der Waals surface area contributed by atoms with Gasteiger partial charge >= 0.3 is 0 Å². The van der Waals surface area contributed by atoms with Crippen LogP contribution in [0.2, 0.25) is 0 Å². The first kappa shape index (κ1) is 11.5. The molecule has 0 saturated carbocycles. The van der Waals surface area contributed by atoms with Gasteiger partial charge in [0.1, 0.15) is 5.75 Å². The Morgan fingerprint density at radius 1 is 1.44 bits per heavy atom. The largest absolute Gasteiger partial charge is 0.496 e. The molecule has 0 aliphatic carbocycles. The molecule has 1 aliphatic heterocycles. The zero-order valence-corrected chi connectivity index (χ0v) is 10.4. The van der Waals surface area contributed by atoms with Crippen molar-refractivity contribution < 1.29 is 4.74 Å². The summed E-state index contributed by atoms with van der Waals surface area (Å²) in [6.45, 7) is 5.70. The Bertz CT molecular complexity index is 364. The highest BCUT2D eigenvalue weighted by molar-refractivity contribution is 5.41. The summed E-state index contributed by atoms with van der Waals surface area (Å²) in [4.78, 5) is 0. The zero-order valence-electron chi connectivity index (χ0n) is 10.4. The van der Waals surface area contributed by atoms with Crippen molar-refractivity contribution in [1.29, 1.82) is 0 Å². The Morgan fingerprint density at radius 3 is 2.88 bits per heavy atom. The van der Waals surface area contributed by atoms with E-state index in [9.17, 15) is 0 Å². The highest BCUT2D eigenvalue weighted by Crippen LogP contribution is 2.40. The van der Waals surface area contributed by atoms with Crippen LogP contribution < -0.4 is 10.1 Å². The molecule has 2 heteroatoms. The van der Waals surface area contributed by atoms with Crippen LogP contribution in [0, 0.1) is 0 Å². The molecule has 2 unspecified atom stereocenters. The van der Waals surface area contributed by atoms with Crippen molar-refractivity contribution in [2.75, 3.05) is 13.7 Å². The van der Waals surface area contributed by atoms with E-state index in [4.69, 9.17) is 4.74 Å². The molecule has 16 heavy (non-hydrogen) atoms. The lowest BCUT2D eigenvalue weighted by Crippen LogP contribution is -2.37. The van der Waals surface area contributed by atoms with E-state index >= 15 is 0 Å². The average Bonchev–Trinajstić information content (AvgIpc) is 2.71. The third kappa shape index (κ3) is 1.71. The van der Waals surface area contributed by atoms with Crippen LogP contribution in [-0.2, 0) is 5.41 Å². The second-order valence-electron chi connectivity index (χ2n) is 4.78. The van der Waals surface area contributed by atoms with Crippen LogP contribution in [0.1, 0.15) is 32.3 Å². The van der Waals surface area contributed by atoms with Gasteiger partial charge in [-0.05, 0) is 25.5 Å². The number of para-hydroxylation sites is 1. The van der Waals surface area contributed by atoms with Gasteiger partial charge in [0.2, 0.25) is 0 Å². The smallest absolute Gasteiger partial charge is 0.122 e. The molecule has 1 aromatic rings. The summed E-state index contributed by atoms with van der Waals surface area (Å²) >= 11 is 0. The highest BCUT2D eigenvalue weighted by atomic mass is 16.5. The number of methoxy groups -OCH3 is 1. The van der Waals surface area contributed by atoms with Gasteiger partial charge in [-0.2, -0.15) is 0 Å². The lowest BCUT2D eigenvalue weighted by molar-refractivity contribution is 0.356. The first-order chi connectivity index (χ1) is 7.72. The van der Waals surface area contributed by atoms with Gasteiger partial charge in [-0.15, -0.1) is 0 Å². The maximum atomic E-state index is 5.49. The maximum Gasteiger partial charge on any atom is 0.122 e. The predicted octanol–water partition coefficient (Wildman–Crippen LogP) is 2.72. The topological polar surface area (TPSA) is 21.3 Å². The first-order valence-electron chi connectivity index (χ1n) is 6.09. The van der Waals surface area contributed by atoms with Crippen LogP contribution in [0.25, 0.3) is 0 Å². The third-order valence-electron chi connectivity index (χ3n) is 3.93. The summed E-state index contributed by atoms with van der Waals surface area (Å²) < 4.78 is 5.49. The second-order valence-corrected chi connectivity index (χ2v) is 4.78. The van der Waals surface area contributed by atoms with Gasteiger partial charge in [0.25, 0.3) is 0 Å². The van der Waals surface area contributed by atoms with E-state index in [0.717, 1.165) is 18.7 Å². The SMILES string of the molecule is CCC1NCCC1(C)c1ccccc1OC. The molecule has 1 N–H and O–H groups in total. The summed E-state index contributed by atoms with van der Waals surface area (Å²) in [6.07, 6.45) is 2.35. The molecule has 2 nitrogen and oxygen atoms in total. The van der Waals surface area contributed by atoms with Gasteiger partial charge < -0.3 is 10.1 Å². The number of ether oxygens (including phenoxy) is 1. The van der Waals surface area contributed by atoms with E-state index in [1.54, 1.807) is 7.11 Å². The lowest BCUT2D eigenvalue weighted by Gasteiger charge is -2.32. The van der Waals surface area contributed by atoms with Gasteiger partial charge in [0.05, 0.1) is 7.11 Å². The summed E-state index contributed by atoms with van der Waals surface area (Å²) in [6, 6.07) is 8.97. The van der Waals surface area contributed by atoms with Gasteiger partial charge in [-0.25, -0.2) is 0 Å². The molecular weight excluding hydrogens is 198 g/mol. The van der Waals surface area contributed by atoms with E-state index in [1.807, 2.05) is 6.07 Å². The summed E-state index contributed by atoms with van der Waals surface area (Å²) in [5, 5.41) is 3.59. The van der Waals surface area contributed by atoms with E-state index < -0.39 is 0 Å². The van der Waals surface area contributed by atoms with E-state index in [1.165, 1.54) is 12.0 Å². The fraction of sp³-hybridized carbons (Fsp3) is 0.571. The van der Waals surface area contributed by atoms with Crippen molar-refractivity contribution in [3.05, 3.63) is 29.8 Å². The van der Waals surface area contributed by atoms with Crippen LogP contribution in [0.5, 0.6) is 5.75 Å². The van der Waals surface area contributed by atoms with E-state index in [-0.39, 0.29) is 5.41 Å². The van der Waals surface area contributed by atoms with Crippen LogP contribution in [0.4, 0.5) is 0 Å². The van der Waals surface area contributed by atoms with E-state index in [0.29, 0.717) is 6.04 Å². The molecule has 1 heterocycles. The third-order valence-corrected chi connectivity index (χ3v) is 3.93. The monoisotopic (exact) mass is 219 g/mol. The number of rotatable bonds is 3. The Morgan fingerprint density at radius 2 is 2.19 bits per heavy atom. The summed E-state index contributed by atoms with van der Waals surface area (Å²) in [7, 11) is 1.76. The predicted molar refractivity (Wildman–Crippen MR) is 67.0 cm³/mol. The molecular formula is C14H21NO. The molecule has 0 radical (unpaired) electrons. The summed E-state index contributed by atoms with van der Waals surface area (Å²) in [5.74, 6) is 1.02. The fourth-order valence-electron chi connectivity index (χ4n) is 2.94. The van der Waals surface area contributed by atoms with Gasteiger partial charge in [-0.3, -0.25) is 0 Å². The number of hydrogen-bond acceptors (Lipinski definition) is 2. The molecule has 1 fully saturated rings. The van der Waals surface area contributed by atoms with Crippen molar-refractivity contribution in [2.24, 2.45) is 0 Å². The van der Waals surface area contributed by atoms with Crippen molar-refractivity contribution in [1.82, 2.24) is 5.32 Å². The fourth-order valence-corrected chi connectivity index (χ4v) is 2.94. The van der Waals surface area contributed by atoms with Gasteiger partial charge in [0, 0.05) is 17.0 Å². The Balaban J connectivity index is 2.41. The average molecular weight is 219 g/mol. The molecule has 1 aliphatic rings. The lowest BCUT2D eigenvalue weighted by atomic mass is 9.75. The minimum absolute atomic E-state index is 0.210. The van der Waals surface area contributed by atoms with Gasteiger partial charge in [-0.1, -0.05) is 32.0 Å². The molecule has 1 aromatic carbocycles. The number of benzene rings is 1. The molecule has 0 aromatic heterocycles. The van der Waals surface area contributed by atoms with Crippen molar-refractivity contribution >= 4 is 0 Å². The van der Waals surface area contributed by atoms with Crippen LogP contribution in [0.3, 0.4) is 0 Å². The molecule has 2 rings (SSSR count). The van der Waals surface area contributed by atoms with Crippen molar-refractivity contribution in [2.45, 2.75) is 38.1 Å². The molecule has 0 bridgehead atoms. The van der Waals surface area contributed by atoms with Crippen LogP contribution in [-0.4, -0.2) is 19.7 Å². The van der Waals surface area contributed by atoms with Crippen LogP contribution in [0.15, 0.2) is 24.3 Å². The van der Waals surface area contributed by atoms with Crippen molar-refractivity contribution in [3.63, 3.8) is 0 Å². The molecule has 0 spiro atoms. The maximum absolute atomic E-state index is 5.49. The minimum atomic E-state index is 0.210. The van der Waals surface area contributed by atoms with E-state index in [2.05, 4.69) is 37.4 Å². The molecule has 88 valence electrons. The minimum Gasteiger partial charge on any atom is -0.496 e. The second kappa shape index (κ2) is 4.46. The quantitative estimate of drug-likeness (QED) is 0.844. The highest BCUT2D eigenvalue weighted by Gasteiger charge is 2.40. The Kier molecular flexibility index (Phi) is 3.20. The molecule has 1 saturated heterocycles. The summed E-state index contributed by atoms with van der Waals surface area (Å²) in [5.41, 5.74) is 1.55. The number of nitrogens with one attached hydrogen (secondary N) is 1. The molecule has 2 atom stereocenters. The number of hydrogen-bond donors (Lipinski definition) is 1.